The van der Waals surface area contributed by atoms with Crippen LogP contribution < -0.4 is 9.64 Å². The number of rotatable bonds is 10. The molecule has 0 fully saturated rings. The first-order valence-electron chi connectivity index (χ1n) is 10.5. The van der Waals surface area contributed by atoms with Gasteiger partial charge in [-0.15, -0.1) is 0 Å². The molecule has 2 aromatic rings. The highest BCUT2D eigenvalue weighted by molar-refractivity contribution is 5.69. The Bertz CT molecular complexity index is 836. The van der Waals surface area contributed by atoms with Gasteiger partial charge in [-0.05, 0) is 55.4 Å². The molecule has 0 aliphatic heterocycles. The van der Waals surface area contributed by atoms with E-state index in [9.17, 15) is 4.91 Å². The largest absolute Gasteiger partial charge is 0.478 e. The van der Waals surface area contributed by atoms with E-state index in [1.54, 1.807) is 0 Å². The molecule has 1 unspecified atom stereocenters. The van der Waals surface area contributed by atoms with Crippen LogP contribution in [0, 0.1) is 17.7 Å². The van der Waals surface area contributed by atoms with E-state index in [0.29, 0.717) is 19.0 Å². The molecule has 0 bridgehead atoms. The minimum atomic E-state index is 0.194. The molecular formula is C23H34N4O2. The van der Waals surface area contributed by atoms with E-state index >= 15 is 0 Å². The van der Waals surface area contributed by atoms with Crippen molar-refractivity contribution in [2.24, 2.45) is 11.1 Å². The van der Waals surface area contributed by atoms with Crippen LogP contribution in [0.1, 0.15) is 56.9 Å². The minimum Gasteiger partial charge on any atom is -0.478 e. The van der Waals surface area contributed by atoms with Crippen molar-refractivity contribution < 1.29 is 4.74 Å². The maximum absolute atomic E-state index is 10.9. The molecule has 0 radical (unpaired) electrons. The predicted molar refractivity (Wildman–Crippen MR) is 120 cm³/mol. The molecule has 2 heterocycles. The lowest BCUT2D eigenvalue weighted by Gasteiger charge is -2.27. The third-order valence-corrected chi connectivity index (χ3v) is 5.51. The lowest BCUT2D eigenvalue weighted by atomic mass is 9.85. The molecule has 0 amide bonds. The van der Waals surface area contributed by atoms with Gasteiger partial charge in [-0.1, -0.05) is 32.4 Å². The van der Waals surface area contributed by atoms with Crippen molar-refractivity contribution in [1.82, 2.24) is 9.97 Å². The summed E-state index contributed by atoms with van der Waals surface area (Å²) >= 11 is 0. The van der Waals surface area contributed by atoms with Crippen LogP contribution in [0.5, 0.6) is 5.88 Å². The van der Waals surface area contributed by atoms with Gasteiger partial charge in [-0.2, -0.15) is 4.91 Å². The molecule has 0 saturated heterocycles. The molecular weight excluding hydrogens is 364 g/mol. The van der Waals surface area contributed by atoms with Crippen molar-refractivity contribution in [3.63, 3.8) is 0 Å². The normalized spacial score (nSPS) is 13.1. The first-order valence-corrected chi connectivity index (χ1v) is 10.5. The van der Waals surface area contributed by atoms with Crippen LogP contribution in [0.2, 0.25) is 0 Å². The predicted octanol–water partition coefficient (Wildman–Crippen LogP) is 5.38. The molecule has 2 rings (SSSR count). The highest BCUT2D eigenvalue weighted by Crippen LogP contribution is 2.37. The highest BCUT2D eigenvalue weighted by atomic mass is 16.5. The zero-order chi connectivity index (χ0) is 21.6. The zero-order valence-corrected chi connectivity index (χ0v) is 18.8. The van der Waals surface area contributed by atoms with Crippen molar-refractivity contribution in [1.29, 1.82) is 0 Å². The van der Waals surface area contributed by atoms with Gasteiger partial charge < -0.3 is 9.64 Å². The summed E-state index contributed by atoms with van der Waals surface area (Å²) in [6, 6.07) is 6.18. The number of aryl methyl sites for hydroxylation is 2. The number of nitroso groups, excluding NO2 is 1. The van der Waals surface area contributed by atoms with Gasteiger partial charge in [0.2, 0.25) is 5.88 Å². The van der Waals surface area contributed by atoms with Crippen LogP contribution in [0.25, 0.3) is 11.3 Å². The number of nitrogens with zero attached hydrogens (tertiary/aromatic N) is 4. The number of anilines is 1. The summed E-state index contributed by atoms with van der Waals surface area (Å²) in [5.74, 6) is 1.98. The quantitative estimate of drug-likeness (QED) is 0.503. The first kappa shape index (κ1) is 22.8. The number of hydrogen-bond donors (Lipinski definition) is 0. The second-order valence-corrected chi connectivity index (χ2v) is 7.66. The van der Waals surface area contributed by atoms with E-state index in [4.69, 9.17) is 9.72 Å². The van der Waals surface area contributed by atoms with Crippen LogP contribution in [0.4, 0.5) is 5.82 Å². The van der Waals surface area contributed by atoms with E-state index in [1.807, 2.05) is 32.0 Å². The Morgan fingerprint density at radius 2 is 1.90 bits per heavy atom. The summed E-state index contributed by atoms with van der Waals surface area (Å²) in [5, 5.41) is 3.16. The fourth-order valence-corrected chi connectivity index (χ4v) is 3.78. The summed E-state index contributed by atoms with van der Waals surface area (Å²) in [5.41, 5.74) is 5.22. The molecule has 0 aliphatic carbocycles. The Hall–Kier alpha value is -2.50. The number of hydrogen-bond acceptors (Lipinski definition) is 6. The first-order chi connectivity index (χ1) is 13.9. The molecule has 0 N–H and O–H groups in total. The van der Waals surface area contributed by atoms with Crippen molar-refractivity contribution in [2.75, 3.05) is 32.1 Å². The second kappa shape index (κ2) is 10.3. The minimum absolute atomic E-state index is 0.194. The molecule has 6 heteroatoms. The van der Waals surface area contributed by atoms with E-state index in [-0.39, 0.29) is 11.8 Å². The van der Waals surface area contributed by atoms with Crippen LogP contribution in [0.3, 0.4) is 0 Å². The van der Waals surface area contributed by atoms with E-state index in [1.165, 1.54) is 0 Å². The number of pyridine rings is 2. The van der Waals surface area contributed by atoms with E-state index in [2.05, 4.69) is 50.0 Å². The molecule has 2 aromatic heterocycles. The second-order valence-electron chi connectivity index (χ2n) is 7.66. The van der Waals surface area contributed by atoms with Gasteiger partial charge in [0.1, 0.15) is 5.82 Å². The van der Waals surface area contributed by atoms with E-state index in [0.717, 1.165) is 46.7 Å². The number of aromatic nitrogens is 2. The monoisotopic (exact) mass is 398 g/mol. The zero-order valence-electron chi connectivity index (χ0n) is 18.8. The standard InChI is InChI=1S/C23H34N4O2/c1-8-17(14-24-28)16(5)19-13-15(4)22(26-23(19)27(6)7)18-11-12-21(29-10-3)25-20(18)9-2/h11-13,16-17H,8-10,14H2,1-7H3/t16?,17-/m0/s1. The highest BCUT2D eigenvalue weighted by Gasteiger charge is 2.24. The maximum atomic E-state index is 10.9. The van der Waals surface area contributed by atoms with E-state index < -0.39 is 0 Å². The van der Waals surface area contributed by atoms with Crippen LogP contribution >= 0.6 is 0 Å². The fourth-order valence-electron chi connectivity index (χ4n) is 3.78. The van der Waals surface area contributed by atoms with Gasteiger partial charge in [0.25, 0.3) is 0 Å². The van der Waals surface area contributed by atoms with Crippen LogP contribution in [-0.2, 0) is 6.42 Å². The fraction of sp³-hybridized carbons (Fsp3) is 0.565. The molecule has 2 atom stereocenters. The molecule has 0 aromatic carbocycles. The van der Waals surface area contributed by atoms with Crippen LogP contribution in [0.15, 0.2) is 23.4 Å². The molecule has 0 spiro atoms. The lowest BCUT2D eigenvalue weighted by molar-refractivity contribution is 0.326. The molecule has 6 nitrogen and oxygen atoms in total. The Labute approximate surface area is 174 Å². The van der Waals surface area contributed by atoms with Gasteiger partial charge in [0, 0.05) is 25.7 Å². The van der Waals surface area contributed by atoms with Gasteiger partial charge in [0.15, 0.2) is 0 Å². The van der Waals surface area contributed by atoms with Crippen LogP contribution in [-0.4, -0.2) is 37.2 Å². The third-order valence-electron chi connectivity index (χ3n) is 5.51. The van der Waals surface area contributed by atoms with Gasteiger partial charge in [-0.25, -0.2) is 9.97 Å². The summed E-state index contributed by atoms with van der Waals surface area (Å²) in [4.78, 5) is 22.7. The van der Waals surface area contributed by atoms with Crippen molar-refractivity contribution in [3.8, 4) is 17.1 Å². The summed E-state index contributed by atoms with van der Waals surface area (Å²) < 4.78 is 5.57. The smallest absolute Gasteiger partial charge is 0.213 e. The molecule has 158 valence electrons. The van der Waals surface area contributed by atoms with Crippen molar-refractivity contribution >= 4 is 5.82 Å². The lowest BCUT2D eigenvalue weighted by Crippen LogP contribution is -2.20. The SMILES string of the molecule is CCOc1ccc(-c2nc(N(C)C)c(C(C)[C@@H](CC)CN=O)cc2C)c(CC)n1. The van der Waals surface area contributed by atoms with Crippen molar-refractivity contribution in [3.05, 3.63) is 39.9 Å². The Balaban J connectivity index is 2.59. The summed E-state index contributed by atoms with van der Waals surface area (Å²) in [6.45, 7) is 11.3. The Kier molecular flexibility index (Phi) is 8.11. The average molecular weight is 399 g/mol. The molecule has 29 heavy (non-hydrogen) atoms. The van der Waals surface area contributed by atoms with Gasteiger partial charge in [-0.3, -0.25) is 0 Å². The Morgan fingerprint density at radius 1 is 1.17 bits per heavy atom. The average Bonchev–Trinajstić information content (AvgIpc) is 2.71. The molecule has 0 aliphatic rings. The summed E-state index contributed by atoms with van der Waals surface area (Å²) in [6.07, 6.45) is 1.71. The molecule has 0 saturated carbocycles. The Morgan fingerprint density at radius 3 is 2.45 bits per heavy atom. The maximum Gasteiger partial charge on any atom is 0.213 e. The van der Waals surface area contributed by atoms with Crippen molar-refractivity contribution in [2.45, 2.75) is 53.4 Å². The third kappa shape index (κ3) is 5.11. The number of ether oxygens (including phenoxy) is 1. The topological polar surface area (TPSA) is 67.7 Å². The van der Waals surface area contributed by atoms with Gasteiger partial charge >= 0.3 is 0 Å². The summed E-state index contributed by atoms with van der Waals surface area (Å²) in [7, 11) is 4.02. The van der Waals surface area contributed by atoms with Gasteiger partial charge in [0.05, 0.1) is 24.5 Å².